The van der Waals surface area contributed by atoms with Crippen LogP contribution in [0.25, 0.3) is 0 Å². The maximum Gasteiger partial charge on any atom is 0.230 e. The number of nitrogens with one attached hydrogen (secondary N) is 1. The second-order valence-corrected chi connectivity index (χ2v) is 8.33. The molecule has 1 saturated carbocycles. The molecule has 0 radical (unpaired) electrons. The zero-order chi connectivity index (χ0) is 19.9. The van der Waals surface area contributed by atoms with E-state index >= 15 is 0 Å². The molecular formula is C21H30N4O2S. The maximum atomic E-state index is 12.3. The van der Waals surface area contributed by atoms with Crippen molar-refractivity contribution < 1.29 is 9.53 Å². The molecule has 3 rings (SSSR count). The van der Waals surface area contributed by atoms with Crippen LogP contribution in [0.5, 0.6) is 5.75 Å². The van der Waals surface area contributed by atoms with Gasteiger partial charge in [-0.3, -0.25) is 4.79 Å². The third-order valence-electron chi connectivity index (χ3n) is 5.10. The lowest BCUT2D eigenvalue weighted by atomic mass is 9.95. The molecule has 7 heteroatoms. The lowest BCUT2D eigenvalue weighted by Gasteiger charge is -2.22. The van der Waals surface area contributed by atoms with Crippen molar-refractivity contribution in [1.82, 2.24) is 20.1 Å². The summed E-state index contributed by atoms with van der Waals surface area (Å²) < 4.78 is 7.96. The minimum atomic E-state index is 0.0793. The number of aryl methyl sites for hydroxylation is 2. The number of carbonyl (C=O) groups excluding carboxylic acids is 1. The highest BCUT2D eigenvalue weighted by Gasteiger charge is 2.18. The Balaban J connectivity index is 1.54. The van der Waals surface area contributed by atoms with Gasteiger partial charge in [0, 0.05) is 12.6 Å². The minimum absolute atomic E-state index is 0.0793. The van der Waals surface area contributed by atoms with E-state index in [0.717, 1.165) is 41.7 Å². The second-order valence-electron chi connectivity index (χ2n) is 7.39. The van der Waals surface area contributed by atoms with E-state index in [1.807, 2.05) is 23.6 Å². The summed E-state index contributed by atoms with van der Waals surface area (Å²) >= 11 is 1.44. The average Bonchev–Trinajstić information content (AvgIpc) is 3.08. The standard InChI is InChI=1S/C21H30N4O2S/c1-4-25-19(13-27-18-11-10-15(2)12-16(18)3)23-24-21(25)28-14-20(26)22-17-8-6-5-7-9-17/h10-12,17H,4-9,13-14H2,1-3H3,(H,22,26). The first-order valence-corrected chi connectivity index (χ1v) is 11.1. The van der Waals surface area contributed by atoms with E-state index in [9.17, 15) is 4.79 Å². The van der Waals surface area contributed by atoms with E-state index in [-0.39, 0.29) is 5.91 Å². The average molecular weight is 403 g/mol. The summed E-state index contributed by atoms with van der Waals surface area (Å²) in [6.45, 7) is 7.26. The van der Waals surface area contributed by atoms with E-state index < -0.39 is 0 Å². The minimum Gasteiger partial charge on any atom is -0.485 e. The molecule has 152 valence electrons. The lowest BCUT2D eigenvalue weighted by molar-refractivity contribution is -0.119. The van der Waals surface area contributed by atoms with E-state index in [1.165, 1.54) is 36.6 Å². The van der Waals surface area contributed by atoms with Crippen LogP contribution in [0.4, 0.5) is 0 Å². The molecule has 0 spiro atoms. The molecule has 6 nitrogen and oxygen atoms in total. The fourth-order valence-corrected chi connectivity index (χ4v) is 4.43. The van der Waals surface area contributed by atoms with Crippen molar-refractivity contribution in [1.29, 1.82) is 0 Å². The van der Waals surface area contributed by atoms with Crippen LogP contribution >= 0.6 is 11.8 Å². The summed E-state index contributed by atoms with van der Waals surface area (Å²) in [5.74, 6) is 2.08. The van der Waals surface area contributed by atoms with Gasteiger partial charge in [-0.15, -0.1) is 10.2 Å². The van der Waals surface area contributed by atoms with Gasteiger partial charge in [-0.1, -0.05) is 48.7 Å². The fraction of sp³-hybridized carbons (Fsp3) is 0.571. The molecule has 1 amide bonds. The Morgan fingerprint density at radius 2 is 2.04 bits per heavy atom. The summed E-state index contributed by atoms with van der Waals surface area (Å²) in [4.78, 5) is 12.3. The van der Waals surface area contributed by atoms with Crippen LogP contribution in [0.2, 0.25) is 0 Å². The molecule has 1 aliphatic rings. The highest BCUT2D eigenvalue weighted by Crippen LogP contribution is 2.22. The number of hydrogen-bond acceptors (Lipinski definition) is 5. The molecule has 1 heterocycles. The van der Waals surface area contributed by atoms with Crippen molar-refractivity contribution in [2.24, 2.45) is 0 Å². The van der Waals surface area contributed by atoms with Crippen LogP contribution in [-0.2, 0) is 17.9 Å². The smallest absolute Gasteiger partial charge is 0.230 e. The van der Waals surface area contributed by atoms with Crippen LogP contribution in [0.15, 0.2) is 23.4 Å². The summed E-state index contributed by atoms with van der Waals surface area (Å²) in [7, 11) is 0. The van der Waals surface area contributed by atoms with Crippen molar-refractivity contribution in [3.63, 3.8) is 0 Å². The van der Waals surface area contributed by atoms with Crippen molar-refractivity contribution in [3.8, 4) is 5.75 Å². The SMILES string of the molecule is CCn1c(COc2ccc(C)cc2C)nnc1SCC(=O)NC1CCCCC1. The van der Waals surface area contributed by atoms with Gasteiger partial charge < -0.3 is 14.6 Å². The van der Waals surface area contributed by atoms with E-state index in [1.54, 1.807) is 0 Å². The number of amides is 1. The Kier molecular flexibility index (Phi) is 7.36. The van der Waals surface area contributed by atoms with Crippen LogP contribution in [-0.4, -0.2) is 32.5 Å². The molecule has 1 aliphatic carbocycles. The van der Waals surface area contributed by atoms with Crippen molar-refractivity contribution in [2.75, 3.05) is 5.75 Å². The first-order chi connectivity index (χ1) is 13.6. The summed E-state index contributed by atoms with van der Waals surface area (Å²) in [5, 5.41) is 12.5. The van der Waals surface area contributed by atoms with Gasteiger partial charge in [0.2, 0.25) is 5.91 Å². The Hall–Kier alpha value is -2.02. The van der Waals surface area contributed by atoms with Gasteiger partial charge in [0.05, 0.1) is 5.75 Å². The summed E-state index contributed by atoms with van der Waals surface area (Å²) in [6.07, 6.45) is 5.91. The monoisotopic (exact) mass is 402 g/mol. The fourth-order valence-electron chi connectivity index (χ4n) is 3.60. The largest absolute Gasteiger partial charge is 0.485 e. The zero-order valence-corrected chi connectivity index (χ0v) is 17.8. The third kappa shape index (κ3) is 5.50. The van der Waals surface area contributed by atoms with Crippen LogP contribution in [0.3, 0.4) is 0 Å². The van der Waals surface area contributed by atoms with Gasteiger partial charge in [0.15, 0.2) is 11.0 Å². The molecule has 0 aliphatic heterocycles. The lowest BCUT2D eigenvalue weighted by Crippen LogP contribution is -2.37. The second kappa shape index (κ2) is 9.96. The summed E-state index contributed by atoms with van der Waals surface area (Å²) in [6, 6.07) is 6.47. The molecule has 1 aromatic carbocycles. The molecule has 1 aromatic heterocycles. The number of thioether (sulfide) groups is 1. The quantitative estimate of drug-likeness (QED) is 0.675. The number of benzene rings is 1. The van der Waals surface area contributed by atoms with Crippen LogP contribution in [0, 0.1) is 13.8 Å². The number of nitrogens with zero attached hydrogens (tertiary/aromatic N) is 3. The number of rotatable bonds is 8. The zero-order valence-electron chi connectivity index (χ0n) is 17.0. The van der Waals surface area contributed by atoms with Crippen molar-refractivity contribution >= 4 is 17.7 Å². The van der Waals surface area contributed by atoms with Crippen molar-refractivity contribution in [3.05, 3.63) is 35.2 Å². The number of aromatic nitrogens is 3. The van der Waals surface area contributed by atoms with Gasteiger partial charge in [-0.05, 0) is 45.2 Å². The third-order valence-corrected chi connectivity index (χ3v) is 6.07. The van der Waals surface area contributed by atoms with Gasteiger partial charge in [0.1, 0.15) is 12.4 Å². The highest BCUT2D eigenvalue weighted by atomic mass is 32.2. The molecule has 2 aromatic rings. The van der Waals surface area contributed by atoms with E-state index in [4.69, 9.17) is 4.74 Å². The molecule has 0 bridgehead atoms. The normalized spacial score (nSPS) is 14.8. The van der Waals surface area contributed by atoms with Gasteiger partial charge in [-0.25, -0.2) is 0 Å². The topological polar surface area (TPSA) is 69.0 Å². The molecule has 0 saturated heterocycles. The molecule has 1 fully saturated rings. The maximum absolute atomic E-state index is 12.3. The van der Waals surface area contributed by atoms with Gasteiger partial charge in [0.25, 0.3) is 0 Å². The Morgan fingerprint density at radius 1 is 1.25 bits per heavy atom. The molecule has 28 heavy (non-hydrogen) atoms. The summed E-state index contributed by atoms with van der Waals surface area (Å²) in [5.41, 5.74) is 2.32. The highest BCUT2D eigenvalue weighted by molar-refractivity contribution is 7.99. The number of hydrogen-bond donors (Lipinski definition) is 1. The van der Waals surface area contributed by atoms with Gasteiger partial charge in [-0.2, -0.15) is 0 Å². The molecular weight excluding hydrogens is 372 g/mol. The molecule has 0 unspecified atom stereocenters. The van der Waals surface area contributed by atoms with E-state index in [0.29, 0.717) is 18.4 Å². The molecule has 0 atom stereocenters. The van der Waals surface area contributed by atoms with Crippen LogP contribution in [0.1, 0.15) is 56.0 Å². The predicted molar refractivity (Wildman–Crippen MR) is 112 cm³/mol. The van der Waals surface area contributed by atoms with Crippen molar-refractivity contribution in [2.45, 2.75) is 77.2 Å². The predicted octanol–water partition coefficient (Wildman–Crippen LogP) is 4.03. The van der Waals surface area contributed by atoms with E-state index in [2.05, 4.69) is 35.4 Å². The Morgan fingerprint density at radius 3 is 2.75 bits per heavy atom. The number of carbonyl (C=O) groups is 1. The first kappa shape index (κ1) is 20.7. The first-order valence-electron chi connectivity index (χ1n) is 10.1. The molecule has 1 N–H and O–H groups in total. The number of ether oxygens (including phenoxy) is 1. The Labute approximate surface area is 171 Å². The van der Waals surface area contributed by atoms with Crippen LogP contribution < -0.4 is 10.1 Å². The van der Waals surface area contributed by atoms with Gasteiger partial charge >= 0.3 is 0 Å². The Bertz CT molecular complexity index is 800.